The SMILES string of the molecule is COc1ccc(N(C(=O)c2cccc(C)c2)C2CCN(Cc3cccs3)CC2)cc1OC. The van der Waals surface area contributed by atoms with E-state index in [1.54, 1.807) is 25.6 Å². The van der Waals surface area contributed by atoms with E-state index in [9.17, 15) is 4.79 Å². The van der Waals surface area contributed by atoms with Gasteiger partial charge in [0, 0.05) is 47.9 Å². The van der Waals surface area contributed by atoms with Crippen molar-refractivity contribution in [3.05, 3.63) is 76.0 Å². The number of methoxy groups -OCH3 is 2. The molecule has 1 fully saturated rings. The topological polar surface area (TPSA) is 42.0 Å². The van der Waals surface area contributed by atoms with Crippen molar-refractivity contribution in [3.63, 3.8) is 0 Å². The lowest BCUT2D eigenvalue weighted by atomic mass is 10.00. The van der Waals surface area contributed by atoms with E-state index in [1.165, 1.54) is 4.88 Å². The Bertz CT molecular complexity index is 1040. The molecule has 1 aromatic heterocycles. The number of carbonyl (C=O) groups excluding carboxylic acids is 1. The zero-order valence-electron chi connectivity index (χ0n) is 18.9. The van der Waals surface area contributed by atoms with Crippen molar-refractivity contribution in [3.8, 4) is 11.5 Å². The third-order valence-corrected chi connectivity index (χ3v) is 6.87. The van der Waals surface area contributed by atoms with Gasteiger partial charge in [0.2, 0.25) is 0 Å². The Morgan fingerprint density at radius 1 is 1.03 bits per heavy atom. The molecule has 0 spiro atoms. The summed E-state index contributed by atoms with van der Waals surface area (Å²) in [6.45, 7) is 4.92. The molecule has 0 unspecified atom stereocenters. The largest absolute Gasteiger partial charge is 0.493 e. The number of piperidine rings is 1. The Balaban J connectivity index is 1.60. The summed E-state index contributed by atoms with van der Waals surface area (Å²) in [5.41, 5.74) is 2.63. The standard InChI is InChI=1S/C26H30N2O3S/c1-19-6-4-7-20(16-19)26(29)28(22-9-10-24(30-2)25(17-22)31-3)21-11-13-27(14-12-21)18-23-8-5-15-32-23/h4-10,15-17,21H,11-14,18H2,1-3H3. The van der Waals surface area contributed by atoms with Crippen LogP contribution in [0.1, 0.15) is 33.6 Å². The average molecular weight is 451 g/mol. The van der Waals surface area contributed by atoms with E-state index < -0.39 is 0 Å². The Morgan fingerprint density at radius 2 is 1.81 bits per heavy atom. The molecule has 2 heterocycles. The lowest BCUT2D eigenvalue weighted by Gasteiger charge is -2.38. The van der Waals surface area contributed by atoms with Gasteiger partial charge in [-0.05, 0) is 55.5 Å². The molecule has 1 aliphatic rings. The molecule has 168 valence electrons. The maximum atomic E-state index is 13.7. The normalized spacial score (nSPS) is 14.8. The smallest absolute Gasteiger partial charge is 0.258 e. The summed E-state index contributed by atoms with van der Waals surface area (Å²) in [6.07, 6.45) is 1.86. The summed E-state index contributed by atoms with van der Waals surface area (Å²) in [7, 11) is 3.24. The molecule has 32 heavy (non-hydrogen) atoms. The molecule has 6 heteroatoms. The molecule has 0 atom stereocenters. The lowest BCUT2D eigenvalue weighted by molar-refractivity contribution is 0.0958. The summed E-state index contributed by atoms with van der Waals surface area (Å²) >= 11 is 1.80. The Hall–Kier alpha value is -2.83. The molecule has 0 bridgehead atoms. The minimum atomic E-state index is 0.0256. The molecule has 0 N–H and O–H groups in total. The number of amides is 1. The van der Waals surface area contributed by atoms with Crippen LogP contribution < -0.4 is 14.4 Å². The summed E-state index contributed by atoms with van der Waals surface area (Å²) < 4.78 is 10.9. The van der Waals surface area contributed by atoms with E-state index in [1.807, 2.05) is 54.3 Å². The number of hydrogen-bond acceptors (Lipinski definition) is 5. The van der Waals surface area contributed by atoms with E-state index in [2.05, 4.69) is 22.4 Å². The van der Waals surface area contributed by atoms with Crippen molar-refractivity contribution in [1.82, 2.24) is 4.90 Å². The number of benzene rings is 2. The van der Waals surface area contributed by atoms with Crippen LogP contribution in [0.25, 0.3) is 0 Å². The maximum absolute atomic E-state index is 13.7. The van der Waals surface area contributed by atoms with Crippen LogP contribution in [-0.2, 0) is 6.54 Å². The van der Waals surface area contributed by atoms with E-state index >= 15 is 0 Å². The van der Waals surface area contributed by atoms with E-state index in [0.29, 0.717) is 17.1 Å². The van der Waals surface area contributed by atoms with E-state index in [0.717, 1.165) is 43.7 Å². The van der Waals surface area contributed by atoms with E-state index in [-0.39, 0.29) is 11.9 Å². The third-order valence-electron chi connectivity index (χ3n) is 6.01. The highest BCUT2D eigenvalue weighted by Crippen LogP contribution is 2.34. The Kier molecular flexibility index (Phi) is 7.12. The van der Waals surface area contributed by atoms with Gasteiger partial charge in [0.05, 0.1) is 14.2 Å². The first-order valence-electron chi connectivity index (χ1n) is 11.0. The molecule has 1 aliphatic heterocycles. The number of rotatable bonds is 7. The molecular formula is C26H30N2O3S. The van der Waals surface area contributed by atoms with Crippen LogP contribution >= 0.6 is 11.3 Å². The first-order chi connectivity index (χ1) is 15.6. The fourth-order valence-corrected chi connectivity index (χ4v) is 5.09. The van der Waals surface area contributed by atoms with Crippen LogP contribution in [0.15, 0.2) is 60.0 Å². The van der Waals surface area contributed by atoms with Crippen LogP contribution in [0.5, 0.6) is 11.5 Å². The van der Waals surface area contributed by atoms with Crippen LogP contribution in [0.2, 0.25) is 0 Å². The van der Waals surface area contributed by atoms with Crippen molar-refractivity contribution in [2.24, 2.45) is 0 Å². The molecule has 1 amide bonds. The first kappa shape index (κ1) is 22.4. The van der Waals surface area contributed by atoms with Gasteiger partial charge >= 0.3 is 0 Å². The van der Waals surface area contributed by atoms with Gasteiger partial charge in [0.15, 0.2) is 11.5 Å². The Labute approximate surface area is 194 Å². The minimum Gasteiger partial charge on any atom is -0.493 e. The predicted molar refractivity (Wildman–Crippen MR) is 130 cm³/mol. The highest BCUT2D eigenvalue weighted by atomic mass is 32.1. The number of aryl methyl sites for hydroxylation is 1. The van der Waals surface area contributed by atoms with Gasteiger partial charge in [-0.3, -0.25) is 9.69 Å². The fourth-order valence-electron chi connectivity index (χ4n) is 4.34. The molecule has 5 nitrogen and oxygen atoms in total. The number of anilines is 1. The first-order valence-corrected chi connectivity index (χ1v) is 11.8. The van der Waals surface area contributed by atoms with Gasteiger partial charge in [-0.15, -0.1) is 11.3 Å². The molecule has 1 saturated heterocycles. The molecule has 0 aliphatic carbocycles. The average Bonchev–Trinajstić information content (AvgIpc) is 3.33. The third kappa shape index (κ3) is 4.97. The molecule has 4 rings (SSSR count). The van der Waals surface area contributed by atoms with Crippen molar-refractivity contribution < 1.29 is 14.3 Å². The lowest BCUT2D eigenvalue weighted by Crippen LogP contribution is -2.47. The zero-order chi connectivity index (χ0) is 22.5. The molecule has 3 aromatic rings. The summed E-state index contributed by atoms with van der Waals surface area (Å²) in [4.78, 5) is 19.6. The number of carbonyl (C=O) groups is 1. The molecule has 2 aromatic carbocycles. The predicted octanol–water partition coefficient (Wildman–Crippen LogP) is 5.39. The minimum absolute atomic E-state index is 0.0256. The quantitative estimate of drug-likeness (QED) is 0.484. The molecule has 0 radical (unpaired) electrons. The van der Waals surface area contributed by atoms with Gasteiger partial charge in [-0.1, -0.05) is 23.8 Å². The number of likely N-dealkylation sites (tertiary alicyclic amines) is 1. The summed E-state index contributed by atoms with van der Waals surface area (Å²) in [5.74, 6) is 1.31. The number of thiophene rings is 1. The second-order valence-corrected chi connectivity index (χ2v) is 9.20. The van der Waals surface area contributed by atoms with Crippen molar-refractivity contribution in [1.29, 1.82) is 0 Å². The van der Waals surface area contributed by atoms with Gasteiger partial charge < -0.3 is 14.4 Å². The van der Waals surface area contributed by atoms with Gasteiger partial charge in [-0.25, -0.2) is 0 Å². The second kappa shape index (κ2) is 10.2. The van der Waals surface area contributed by atoms with Crippen molar-refractivity contribution in [2.45, 2.75) is 32.4 Å². The fraction of sp³-hybridized carbons (Fsp3) is 0.346. The maximum Gasteiger partial charge on any atom is 0.258 e. The highest BCUT2D eigenvalue weighted by Gasteiger charge is 2.30. The van der Waals surface area contributed by atoms with Crippen molar-refractivity contribution >= 4 is 22.9 Å². The number of nitrogens with zero attached hydrogens (tertiary/aromatic N) is 2. The summed E-state index contributed by atoms with van der Waals surface area (Å²) in [5, 5.41) is 2.13. The Morgan fingerprint density at radius 3 is 2.47 bits per heavy atom. The molecular weight excluding hydrogens is 420 g/mol. The summed E-state index contributed by atoms with van der Waals surface area (Å²) in [6, 6.07) is 18.0. The second-order valence-electron chi connectivity index (χ2n) is 8.17. The zero-order valence-corrected chi connectivity index (χ0v) is 19.7. The van der Waals surface area contributed by atoms with Gasteiger partial charge in [0.25, 0.3) is 5.91 Å². The van der Waals surface area contributed by atoms with Crippen LogP contribution in [-0.4, -0.2) is 44.2 Å². The molecule has 0 saturated carbocycles. The van der Waals surface area contributed by atoms with Crippen LogP contribution in [0.3, 0.4) is 0 Å². The van der Waals surface area contributed by atoms with E-state index in [4.69, 9.17) is 9.47 Å². The van der Waals surface area contributed by atoms with Crippen LogP contribution in [0.4, 0.5) is 5.69 Å². The van der Waals surface area contributed by atoms with Crippen LogP contribution in [0, 0.1) is 6.92 Å². The monoisotopic (exact) mass is 450 g/mol. The number of ether oxygens (including phenoxy) is 2. The van der Waals surface area contributed by atoms with Gasteiger partial charge in [-0.2, -0.15) is 0 Å². The highest BCUT2D eigenvalue weighted by molar-refractivity contribution is 7.09. The van der Waals surface area contributed by atoms with Crippen molar-refractivity contribution in [2.75, 3.05) is 32.2 Å². The number of hydrogen-bond donors (Lipinski definition) is 0. The van der Waals surface area contributed by atoms with Gasteiger partial charge in [0.1, 0.15) is 0 Å².